The summed E-state index contributed by atoms with van der Waals surface area (Å²) in [4.78, 5) is 2.61. The van der Waals surface area contributed by atoms with Crippen LogP contribution in [-0.2, 0) is 10.3 Å². The number of benzene rings is 1. The fraction of sp³-hybridized carbons (Fsp3) is 0.667. The van der Waals surface area contributed by atoms with Gasteiger partial charge in [0.2, 0.25) is 0 Å². The molecule has 2 atom stereocenters. The van der Waals surface area contributed by atoms with Crippen LogP contribution in [0.2, 0.25) is 0 Å². The van der Waals surface area contributed by atoms with Crippen molar-refractivity contribution >= 4 is 0 Å². The largest absolute Gasteiger partial charge is 0.378 e. The number of nitrogens with one attached hydrogen (secondary N) is 1. The van der Waals surface area contributed by atoms with Crippen molar-refractivity contribution in [3.63, 3.8) is 0 Å². The van der Waals surface area contributed by atoms with E-state index in [4.69, 9.17) is 4.74 Å². The van der Waals surface area contributed by atoms with Gasteiger partial charge in [0, 0.05) is 26.2 Å². The summed E-state index contributed by atoms with van der Waals surface area (Å²) in [5, 5.41) is 3.71. The van der Waals surface area contributed by atoms with E-state index in [1.54, 1.807) is 0 Å². The Labute approximate surface area is 128 Å². The Bertz CT molecular complexity index is 430. The van der Waals surface area contributed by atoms with Crippen molar-refractivity contribution in [1.29, 1.82) is 0 Å². The fourth-order valence-corrected chi connectivity index (χ4v) is 3.68. The Morgan fingerprint density at radius 1 is 1.33 bits per heavy atom. The zero-order valence-corrected chi connectivity index (χ0v) is 13.2. The molecule has 3 rings (SSSR count). The van der Waals surface area contributed by atoms with Gasteiger partial charge in [0.25, 0.3) is 0 Å². The zero-order valence-electron chi connectivity index (χ0n) is 13.2. The third kappa shape index (κ3) is 3.85. The second-order valence-corrected chi connectivity index (χ2v) is 6.68. The number of nitrogens with zero attached hydrogens (tertiary/aromatic N) is 1. The Balaban J connectivity index is 1.50. The average Bonchev–Trinajstić information content (AvgIpc) is 3.02. The van der Waals surface area contributed by atoms with Gasteiger partial charge >= 0.3 is 0 Å². The minimum absolute atomic E-state index is 0.0867. The van der Waals surface area contributed by atoms with Crippen LogP contribution < -0.4 is 5.32 Å². The molecule has 21 heavy (non-hydrogen) atoms. The number of piperazine rings is 1. The second-order valence-electron chi connectivity index (χ2n) is 6.68. The molecule has 2 fully saturated rings. The Morgan fingerprint density at radius 2 is 2.19 bits per heavy atom. The van der Waals surface area contributed by atoms with Crippen molar-refractivity contribution in [2.75, 3.05) is 32.8 Å². The summed E-state index contributed by atoms with van der Waals surface area (Å²) in [6.45, 7) is 7.84. The normalized spacial score (nSPS) is 30.6. The van der Waals surface area contributed by atoms with Gasteiger partial charge in [0.15, 0.2) is 0 Å². The van der Waals surface area contributed by atoms with Crippen LogP contribution in [-0.4, -0.2) is 43.8 Å². The van der Waals surface area contributed by atoms with Gasteiger partial charge in [-0.15, -0.1) is 0 Å². The third-order valence-electron chi connectivity index (χ3n) is 4.92. The highest BCUT2D eigenvalue weighted by atomic mass is 16.5. The number of hydrogen-bond acceptors (Lipinski definition) is 3. The number of hydrogen-bond donors (Lipinski definition) is 1. The molecule has 1 N–H and O–H groups in total. The molecule has 1 aromatic rings. The van der Waals surface area contributed by atoms with Crippen LogP contribution in [0.1, 0.15) is 38.2 Å². The Kier molecular flexibility index (Phi) is 4.94. The molecule has 3 nitrogen and oxygen atoms in total. The zero-order chi connectivity index (χ0) is 14.5. The highest BCUT2D eigenvalue weighted by Crippen LogP contribution is 2.25. The van der Waals surface area contributed by atoms with Crippen molar-refractivity contribution in [3.8, 4) is 0 Å². The van der Waals surface area contributed by atoms with E-state index < -0.39 is 0 Å². The first-order chi connectivity index (χ1) is 10.3. The van der Waals surface area contributed by atoms with Crippen molar-refractivity contribution in [1.82, 2.24) is 10.2 Å². The minimum Gasteiger partial charge on any atom is -0.378 e. The quantitative estimate of drug-likeness (QED) is 0.901. The van der Waals surface area contributed by atoms with Gasteiger partial charge in [-0.25, -0.2) is 0 Å². The van der Waals surface area contributed by atoms with Gasteiger partial charge < -0.3 is 10.1 Å². The molecular weight excluding hydrogens is 260 g/mol. The average molecular weight is 288 g/mol. The van der Waals surface area contributed by atoms with E-state index in [1.165, 1.54) is 37.8 Å². The topological polar surface area (TPSA) is 24.5 Å². The van der Waals surface area contributed by atoms with Crippen LogP contribution in [0.3, 0.4) is 0 Å². The summed E-state index contributed by atoms with van der Waals surface area (Å²) in [6, 6.07) is 10.8. The molecule has 2 aliphatic heterocycles. The molecule has 1 aromatic carbocycles. The summed E-state index contributed by atoms with van der Waals surface area (Å²) >= 11 is 0. The molecular formula is C18H28N2O. The van der Waals surface area contributed by atoms with E-state index in [0.29, 0.717) is 6.10 Å². The molecule has 3 heteroatoms. The first kappa shape index (κ1) is 15.0. The van der Waals surface area contributed by atoms with Gasteiger partial charge in [-0.2, -0.15) is 0 Å². The molecule has 0 spiro atoms. The Morgan fingerprint density at radius 3 is 2.95 bits per heavy atom. The van der Waals surface area contributed by atoms with Crippen molar-refractivity contribution in [2.45, 2.75) is 44.2 Å². The first-order valence-corrected chi connectivity index (χ1v) is 8.41. The molecule has 0 amide bonds. The van der Waals surface area contributed by atoms with E-state index >= 15 is 0 Å². The van der Waals surface area contributed by atoms with Crippen LogP contribution in [0, 0.1) is 0 Å². The molecule has 0 bridgehead atoms. The maximum absolute atomic E-state index is 5.72. The molecule has 0 aliphatic carbocycles. The minimum atomic E-state index is 0.0867. The van der Waals surface area contributed by atoms with Crippen LogP contribution in [0.15, 0.2) is 30.3 Å². The van der Waals surface area contributed by atoms with Crippen LogP contribution in [0.25, 0.3) is 0 Å². The molecule has 2 unspecified atom stereocenters. The van der Waals surface area contributed by atoms with Crippen LogP contribution >= 0.6 is 0 Å². The highest BCUT2D eigenvalue weighted by molar-refractivity contribution is 5.24. The van der Waals surface area contributed by atoms with E-state index in [0.717, 1.165) is 26.2 Å². The second kappa shape index (κ2) is 6.91. The van der Waals surface area contributed by atoms with Crippen LogP contribution in [0.4, 0.5) is 0 Å². The lowest BCUT2D eigenvalue weighted by Crippen LogP contribution is -2.56. The summed E-state index contributed by atoms with van der Waals surface area (Å²) in [7, 11) is 0. The standard InChI is InChI=1S/C18H28N2O/c1-18(16-7-3-2-4-8-16)15-20(13-11-19-18)12-5-9-17-10-6-14-21-17/h2-4,7-8,17,19H,5-6,9-15H2,1H3. The molecule has 2 aliphatic rings. The van der Waals surface area contributed by atoms with E-state index in [1.807, 2.05) is 0 Å². The van der Waals surface area contributed by atoms with Crippen molar-refractivity contribution in [2.24, 2.45) is 0 Å². The van der Waals surface area contributed by atoms with Gasteiger partial charge in [0.1, 0.15) is 0 Å². The maximum atomic E-state index is 5.72. The highest BCUT2D eigenvalue weighted by Gasteiger charge is 2.31. The lowest BCUT2D eigenvalue weighted by molar-refractivity contribution is 0.0922. The van der Waals surface area contributed by atoms with Crippen LogP contribution in [0.5, 0.6) is 0 Å². The molecule has 0 radical (unpaired) electrons. The number of ether oxygens (including phenoxy) is 1. The first-order valence-electron chi connectivity index (χ1n) is 8.41. The van der Waals surface area contributed by atoms with Gasteiger partial charge in [-0.1, -0.05) is 30.3 Å². The van der Waals surface area contributed by atoms with Gasteiger partial charge in [-0.3, -0.25) is 4.90 Å². The van der Waals surface area contributed by atoms with Gasteiger partial charge in [-0.05, 0) is 44.7 Å². The number of rotatable bonds is 5. The van der Waals surface area contributed by atoms with Crippen molar-refractivity contribution < 1.29 is 4.74 Å². The predicted molar refractivity (Wildman–Crippen MR) is 86.4 cm³/mol. The molecule has 2 heterocycles. The maximum Gasteiger partial charge on any atom is 0.0576 e. The monoisotopic (exact) mass is 288 g/mol. The SMILES string of the molecule is CC1(c2ccccc2)CN(CCCC2CCCO2)CCN1. The summed E-state index contributed by atoms with van der Waals surface area (Å²) in [6.07, 6.45) is 5.54. The van der Waals surface area contributed by atoms with E-state index in [9.17, 15) is 0 Å². The predicted octanol–water partition coefficient (Wildman–Crippen LogP) is 2.77. The molecule has 0 saturated carbocycles. The van der Waals surface area contributed by atoms with Gasteiger partial charge in [0.05, 0.1) is 11.6 Å². The lowest BCUT2D eigenvalue weighted by atomic mass is 9.89. The smallest absolute Gasteiger partial charge is 0.0576 e. The van der Waals surface area contributed by atoms with E-state index in [-0.39, 0.29) is 5.54 Å². The van der Waals surface area contributed by atoms with E-state index in [2.05, 4.69) is 47.5 Å². The Hall–Kier alpha value is -0.900. The summed E-state index contributed by atoms with van der Waals surface area (Å²) < 4.78 is 5.72. The third-order valence-corrected chi connectivity index (χ3v) is 4.92. The summed E-state index contributed by atoms with van der Waals surface area (Å²) in [5.74, 6) is 0. The lowest BCUT2D eigenvalue weighted by Gasteiger charge is -2.42. The molecule has 0 aromatic heterocycles. The fourth-order valence-electron chi connectivity index (χ4n) is 3.68. The molecule has 116 valence electrons. The summed E-state index contributed by atoms with van der Waals surface area (Å²) in [5.41, 5.74) is 1.48. The molecule has 2 saturated heterocycles. The van der Waals surface area contributed by atoms with Crippen molar-refractivity contribution in [3.05, 3.63) is 35.9 Å².